The fourth-order valence-corrected chi connectivity index (χ4v) is 4.46. The summed E-state index contributed by atoms with van der Waals surface area (Å²) in [5.41, 5.74) is 1.86. The van der Waals surface area contributed by atoms with Crippen LogP contribution >= 0.6 is 0 Å². The first-order valence-electron chi connectivity index (χ1n) is 8.38. The minimum atomic E-state index is -3.03. The average molecular weight is 354 g/mol. The lowest BCUT2D eigenvalue weighted by atomic mass is 9.72. The molecular weight excluding hydrogens is 328 g/mol. The molecule has 1 spiro atoms. The Hall–Kier alpha value is -1.41. The predicted octanol–water partition coefficient (Wildman–Crippen LogP) is 0.198. The largest absolute Gasteiger partial charge is 0.340 e. The number of aromatic nitrogens is 2. The number of carbonyl (C=O) groups is 1. The molecule has 0 bridgehead atoms. The number of hydrogen-bond acceptors (Lipinski definition) is 5. The molecule has 8 heteroatoms. The van der Waals surface area contributed by atoms with Crippen molar-refractivity contribution in [2.24, 2.45) is 12.5 Å². The van der Waals surface area contributed by atoms with Crippen molar-refractivity contribution in [3.8, 4) is 0 Å². The van der Waals surface area contributed by atoms with Crippen LogP contribution in [0.5, 0.6) is 0 Å². The molecule has 0 unspecified atom stereocenters. The number of aryl methyl sites for hydroxylation is 2. The Labute approximate surface area is 143 Å². The van der Waals surface area contributed by atoms with Crippen LogP contribution in [-0.4, -0.2) is 72.1 Å². The van der Waals surface area contributed by atoms with E-state index < -0.39 is 9.84 Å². The van der Waals surface area contributed by atoms with Crippen molar-refractivity contribution in [2.75, 3.05) is 38.2 Å². The number of β-lactam (4-membered cyclic amide) rings is 1. The van der Waals surface area contributed by atoms with Crippen molar-refractivity contribution in [1.29, 1.82) is 0 Å². The van der Waals surface area contributed by atoms with Crippen LogP contribution in [0.3, 0.4) is 0 Å². The van der Waals surface area contributed by atoms with E-state index in [1.807, 2.05) is 18.7 Å². The highest BCUT2D eigenvalue weighted by Gasteiger charge is 2.53. The van der Waals surface area contributed by atoms with Crippen molar-refractivity contribution in [2.45, 2.75) is 26.3 Å². The molecule has 0 aromatic carbocycles. The van der Waals surface area contributed by atoms with Gasteiger partial charge in [0.05, 0.1) is 22.6 Å². The summed E-state index contributed by atoms with van der Waals surface area (Å²) in [5, 5.41) is 4.38. The van der Waals surface area contributed by atoms with Gasteiger partial charge in [-0.1, -0.05) is 0 Å². The Morgan fingerprint density at radius 3 is 2.67 bits per heavy atom. The zero-order chi connectivity index (χ0) is 17.5. The molecule has 3 heterocycles. The number of rotatable bonds is 5. The molecule has 134 valence electrons. The van der Waals surface area contributed by atoms with Crippen LogP contribution < -0.4 is 0 Å². The van der Waals surface area contributed by atoms with Crippen LogP contribution in [0.15, 0.2) is 6.07 Å². The fraction of sp³-hybridized carbons (Fsp3) is 0.750. The van der Waals surface area contributed by atoms with Gasteiger partial charge in [-0.15, -0.1) is 0 Å². The lowest BCUT2D eigenvalue weighted by molar-refractivity contribution is -0.165. The summed E-state index contributed by atoms with van der Waals surface area (Å²) < 4.78 is 24.5. The SMILES string of the molecule is Cc1cc(CN2CCC[C@]3(C2)CN(CCS(C)(=O)=O)C3=O)n(C)n1. The molecule has 1 aromatic rings. The van der Waals surface area contributed by atoms with E-state index in [0.29, 0.717) is 13.1 Å². The van der Waals surface area contributed by atoms with Crippen LogP contribution in [0, 0.1) is 12.3 Å². The van der Waals surface area contributed by atoms with E-state index >= 15 is 0 Å². The van der Waals surface area contributed by atoms with Crippen molar-refractivity contribution >= 4 is 15.7 Å². The summed E-state index contributed by atoms with van der Waals surface area (Å²) >= 11 is 0. The topological polar surface area (TPSA) is 75.5 Å². The quantitative estimate of drug-likeness (QED) is 0.706. The van der Waals surface area contributed by atoms with E-state index in [1.54, 1.807) is 4.90 Å². The number of hydrogen-bond donors (Lipinski definition) is 0. The molecule has 2 aliphatic rings. The van der Waals surface area contributed by atoms with Gasteiger partial charge in [-0.25, -0.2) is 8.42 Å². The van der Waals surface area contributed by atoms with Gasteiger partial charge in [-0.3, -0.25) is 14.4 Å². The lowest BCUT2D eigenvalue weighted by Crippen LogP contribution is -2.67. The predicted molar refractivity (Wildman–Crippen MR) is 91.2 cm³/mol. The first kappa shape index (κ1) is 17.4. The summed E-state index contributed by atoms with van der Waals surface area (Å²) in [6, 6.07) is 2.09. The van der Waals surface area contributed by atoms with Gasteiger partial charge in [0.1, 0.15) is 9.84 Å². The summed E-state index contributed by atoms with van der Waals surface area (Å²) in [6.45, 7) is 5.53. The molecule has 0 N–H and O–H groups in total. The molecule has 0 saturated carbocycles. The van der Waals surface area contributed by atoms with E-state index in [1.165, 1.54) is 6.26 Å². The summed E-state index contributed by atoms with van der Waals surface area (Å²) in [4.78, 5) is 16.6. The molecule has 2 saturated heterocycles. The van der Waals surface area contributed by atoms with E-state index in [4.69, 9.17) is 0 Å². The standard InChI is InChI=1S/C16H26N4O3S/c1-13-9-14(18(2)17-13)10-19-6-4-5-16(11-19)12-20(15(16)21)7-8-24(3,22)23/h9H,4-8,10-12H2,1-3H3/t16-/m0/s1. The maximum atomic E-state index is 12.6. The molecule has 0 radical (unpaired) electrons. The summed E-state index contributed by atoms with van der Waals surface area (Å²) in [7, 11) is -1.08. The molecular formula is C16H26N4O3S. The van der Waals surface area contributed by atoms with Crippen LogP contribution in [0.2, 0.25) is 0 Å². The van der Waals surface area contributed by atoms with Crippen molar-refractivity contribution in [1.82, 2.24) is 19.6 Å². The van der Waals surface area contributed by atoms with Gasteiger partial charge in [0.15, 0.2) is 0 Å². The number of likely N-dealkylation sites (tertiary alicyclic amines) is 2. The van der Waals surface area contributed by atoms with Gasteiger partial charge < -0.3 is 4.90 Å². The molecule has 1 amide bonds. The van der Waals surface area contributed by atoms with Crippen molar-refractivity contribution < 1.29 is 13.2 Å². The molecule has 7 nitrogen and oxygen atoms in total. The third-order valence-corrected chi connectivity index (χ3v) is 6.03. The second-order valence-electron chi connectivity index (χ2n) is 7.35. The Bertz CT molecular complexity index is 743. The van der Waals surface area contributed by atoms with Gasteiger partial charge >= 0.3 is 0 Å². The van der Waals surface area contributed by atoms with Gasteiger partial charge in [0.25, 0.3) is 0 Å². The smallest absolute Gasteiger partial charge is 0.231 e. The Balaban J connectivity index is 1.60. The van der Waals surface area contributed by atoms with Crippen LogP contribution in [0.25, 0.3) is 0 Å². The first-order chi connectivity index (χ1) is 11.2. The zero-order valence-electron chi connectivity index (χ0n) is 14.7. The Morgan fingerprint density at radius 1 is 1.33 bits per heavy atom. The highest BCUT2D eigenvalue weighted by molar-refractivity contribution is 7.90. The molecule has 2 aliphatic heterocycles. The number of amides is 1. The molecule has 24 heavy (non-hydrogen) atoms. The van der Waals surface area contributed by atoms with E-state index in [2.05, 4.69) is 16.1 Å². The van der Waals surface area contributed by atoms with Crippen molar-refractivity contribution in [3.05, 3.63) is 17.5 Å². The Kier molecular flexibility index (Phi) is 4.46. The highest BCUT2D eigenvalue weighted by Crippen LogP contribution is 2.40. The van der Waals surface area contributed by atoms with Crippen LogP contribution in [-0.2, 0) is 28.2 Å². The molecule has 0 aliphatic carbocycles. The summed E-state index contributed by atoms with van der Waals surface area (Å²) in [6.07, 6.45) is 3.12. The third kappa shape index (κ3) is 3.49. The van der Waals surface area contributed by atoms with E-state index in [-0.39, 0.29) is 17.1 Å². The number of nitrogens with zero attached hydrogens (tertiary/aromatic N) is 4. The number of sulfone groups is 1. The second kappa shape index (κ2) is 6.15. The monoisotopic (exact) mass is 354 g/mol. The molecule has 1 atom stereocenters. The highest BCUT2D eigenvalue weighted by atomic mass is 32.2. The van der Waals surface area contributed by atoms with Gasteiger partial charge in [0.2, 0.25) is 5.91 Å². The lowest BCUT2D eigenvalue weighted by Gasteiger charge is -2.53. The fourth-order valence-electron chi connectivity index (χ4n) is 3.91. The van der Waals surface area contributed by atoms with E-state index in [0.717, 1.165) is 43.9 Å². The maximum absolute atomic E-state index is 12.6. The van der Waals surface area contributed by atoms with Crippen molar-refractivity contribution in [3.63, 3.8) is 0 Å². The third-order valence-electron chi connectivity index (χ3n) is 5.11. The molecule has 2 fully saturated rings. The molecule has 1 aromatic heterocycles. The Morgan fingerprint density at radius 2 is 2.08 bits per heavy atom. The number of carbonyl (C=O) groups excluding carboxylic acids is 1. The van der Waals surface area contributed by atoms with Crippen LogP contribution in [0.1, 0.15) is 24.2 Å². The zero-order valence-corrected chi connectivity index (χ0v) is 15.5. The second-order valence-corrected chi connectivity index (χ2v) is 9.61. The van der Waals surface area contributed by atoms with Gasteiger partial charge in [0, 0.05) is 39.5 Å². The normalized spacial score (nSPS) is 25.3. The van der Waals surface area contributed by atoms with Gasteiger partial charge in [-0.05, 0) is 32.4 Å². The minimum Gasteiger partial charge on any atom is -0.340 e. The minimum absolute atomic E-state index is 0.0484. The van der Waals surface area contributed by atoms with Crippen LogP contribution in [0.4, 0.5) is 0 Å². The molecule has 3 rings (SSSR count). The average Bonchev–Trinajstić information content (AvgIpc) is 2.80. The van der Waals surface area contributed by atoms with E-state index in [9.17, 15) is 13.2 Å². The maximum Gasteiger partial charge on any atom is 0.231 e. The first-order valence-corrected chi connectivity index (χ1v) is 10.4. The summed E-state index contributed by atoms with van der Waals surface area (Å²) in [5.74, 6) is 0.171. The van der Waals surface area contributed by atoms with Gasteiger partial charge in [-0.2, -0.15) is 5.10 Å². The number of piperidine rings is 1.